The number of benzene rings is 1. The second-order valence-electron chi connectivity index (χ2n) is 5.93. The molecule has 3 nitrogen and oxygen atoms in total. The van der Waals surface area contributed by atoms with Gasteiger partial charge in [0, 0.05) is 18.1 Å². The second-order valence-corrected chi connectivity index (χ2v) is 7.16. The number of ketones is 1. The average Bonchev–Trinajstić information content (AvgIpc) is 2.50. The Hall–Kier alpha value is -1.07. The summed E-state index contributed by atoms with van der Waals surface area (Å²) in [5.74, 6) is 1.63. The topological polar surface area (TPSA) is 52.3 Å². The Morgan fingerprint density at radius 3 is 2.86 bits per heavy atom. The largest absolute Gasteiger partial charge is 0.396 e. The number of ether oxygens (including phenoxy) is 1. The van der Waals surface area contributed by atoms with Crippen molar-refractivity contribution in [3.63, 3.8) is 0 Å². The molecule has 0 aromatic heterocycles. The van der Waals surface area contributed by atoms with Crippen molar-refractivity contribution in [1.82, 2.24) is 0 Å². The van der Waals surface area contributed by atoms with Gasteiger partial charge in [0.2, 0.25) is 0 Å². The molecule has 1 unspecified atom stereocenters. The Morgan fingerprint density at radius 1 is 1.38 bits per heavy atom. The summed E-state index contributed by atoms with van der Waals surface area (Å²) in [6.07, 6.45) is 3.51. The number of nitrogen functional groups attached to an aromatic ring is 1. The molecule has 0 amide bonds. The van der Waals surface area contributed by atoms with Crippen LogP contribution in [0.15, 0.2) is 18.2 Å². The highest BCUT2D eigenvalue weighted by Crippen LogP contribution is 2.40. The summed E-state index contributed by atoms with van der Waals surface area (Å²) in [7, 11) is 0. The van der Waals surface area contributed by atoms with Crippen LogP contribution in [0.2, 0.25) is 0 Å². The molecule has 0 radical (unpaired) electrons. The average molecular weight is 309 g/mol. The molecule has 1 spiro atoms. The van der Waals surface area contributed by atoms with Crippen molar-refractivity contribution < 1.29 is 13.9 Å². The Kier molecular flexibility index (Phi) is 4.22. The molecule has 2 fully saturated rings. The van der Waals surface area contributed by atoms with E-state index in [1.165, 1.54) is 12.1 Å². The van der Waals surface area contributed by atoms with Crippen LogP contribution in [0.5, 0.6) is 0 Å². The molecule has 2 N–H and O–H groups in total. The van der Waals surface area contributed by atoms with Crippen LogP contribution >= 0.6 is 11.8 Å². The summed E-state index contributed by atoms with van der Waals surface area (Å²) >= 11 is 1.94. The van der Waals surface area contributed by atoms with Gasteiger partial charge in [0.25, 0.3) is 0 Å². The predicted octanol–water partition coefficient (Wildman–Crippen LogP) is 3.28. The lowest BCUT2D eigenvalue weighted by Crippen LogP contribution is -2.44. The monoisotopic (exact) mass is 309 g/mol. The molecule has 1 aromatic carbocycles. The molecule has 2 aliphatic heterocycles. The van der Waals surface area contributed by atoms with E-state index >= 15 is 0 Å². The first kappa shape index (κ1) is 14.9. The first-order valence-corrected chi connectivity index (χ1v) is 8.56. The number of nitrogens with two attached hydrogens (primary N) is 1. The third-order valence-corrected chi connectivity index (χ3v) is 5.54. The zero-order chi connectivity index (χ0) is 14.9. The number of Topliss-reactive ketones (excluding diaryl/α,β-unsaturated/α-hetero) is 1. The van der Waals surface area contributed by atoms with Gasteiger partial charge in [-0.3, -0.25) is 4.79 Å². The van der Waals surface area contributed by atoms with Gasteiger partial charge in [-0.15, -0.1) is 0 Å². The lowest BCUT2D eigenvalue weighted by molar-refractivity contribution is -0.0959. The van der Waals surface area contributed by atoms with E-state index in [0.29, 0.717) is 12.2 Å². The van der Waals surface area contributed by atoms with Gasteiger partial charge in [0.05, 0.1) is 11.3 Å². The van der Waals surface area contributed by atoms with Crippen LogP contribution in [0.25, 0.3) is 0 Å². The Morgan fingerprint density at radius 2 is 2.14 bits per heavy atom. The zero-order valence-electron chi connectivity index (χ0n) is 11.9. The Bertz CT molecular complexity index is 538. The van der Waals surface area contributed by atoms with Crippen molar-refractivity contribution in [3.05, 3.63) is 29.6 Å². The summed E-state index contributed by atoms with van der Waals surface area (Å²) in [4.78, 5) is 12.6. The van der Waals surface area contributed by atoms with E-state index in [9.17, 15) is 9.18 Å². The molecule has 2 heterocycles. The molecule has 1 aromatic rings. The quantitative estimate of drug-likeness (QED) is 0.673. The zero-order valence-corrected chi connectivity index (χ0v) is 12.8. The van der Waals surface area contributed by atoms with Gasteiger partial charge in [0.1, 0.15) is 5.82 Å². The van der Waals surface area contributed by atoms with Crippen LogP contribution in [0.4, 0.5) is 10.1 Å². The maximum atomic E-state index is 13.6. The van der Waals surface area contributed by atoms with Crippen molar-refractivity contribution in [1.29, 1.82) is 0 Å². The minimum Gasteiger partial charge on any atom is -0.396 e. The summed E-state index contributed by atoms with van der Waals surface area (Å²) in [6.45, 7) is 0.624. The maximum absolute atomic E-state index is 13.6. The van der Waals surface area contributed by atoms with Gasteiger partial charge in [0.15, 0.2) is 5.78 Å². The van der Waals surface area contributed by atoms with E-state index in [4.69, 9.17) is 10.5 Å². The van der Waals surface area contributed by atoms with E-state index in [2.05, 4.69) is 0 Å². The van der Waals surface area contributed by atoms with Crippen molar-refractivity contribution >= 4 is 23.2 Å². The fraction of sp³-hybridized carbons (Fsp3) is 0.562. The number of thioether (sulfide) groups is 1. The van der Waals surface area contributed by atoms with Crippen LogP contribution in [0, 0.1) is 11.7 Å². The van der Waals surface area contributed by atoms with Crippen LogP contribution in [0.1, 0.15) is 36.0 Å². The summed E-state index contributed by atoms with van der Waals surface area (Å²) in [5, 5.41) is 0. The molecular weight excluding hydrogens is 289 g/mol. The number of rotatable bonds is 2. The number of carbonyl (C=O) groups excluding carboxylic acids is 1. The number of anilines is 1. The lowest BCUT2D eigenvalue weighted by Gasteiger charge is -2.42. The van der Waals surface area contributed by atoms with Gasteiger partial charge in [-0.1, -0.05) is 0 Å². The van der Waals surface area contributed by atoms with Crippen molar-refractivity contribution in [2.24, 2.45) is 5.92 Å². The van der Waals surface area contributed by atoms with Gasteiger partial charge in [-0.05, 0) is 55.4 Å². The summed E-state index contributed by atoms with van der Waals surface area (Å²) < 4.78 is 19.6. The van der Waals surface area contributed by atoms with Crippen LogP contribution < -0.4 is 5.73 Å². The second kappa shape index (κ2) is 5.97. The first-order chi connectivity index (χ1) is 10.1. The van der Waals surface area contributed by atoms with Crippen molar-refractivity contribution in [2.75, 3.05) is 23.8 Å². The molecule has 21 heavy (non-hydrogen) atoms. The smallest absolute Gasteiger partial charge is 0.166 e. The third-order valence-electron chi connectivity index (χ3n) is 4.55. The minimum absolute atomic E-state index is 0.0230. The molecule has 0 saturated carbocycles. The van der Waals surface area contributed by atoms with Crippen LogP contribution in [-0.4, -0.2) is 29.5 Å². The fourth-order valence-electron chi connectivity index (χ4n) is 3.26. The van der Waals surface area contributed by atoms with Crippen LogP contribution in [-0.2, 0) is 4.74 Å². The molecule has 5 heteroatoms. The fourth-order valence-corrected chi connectivity index (χ4v) is 4.50. The number of halogens is 1. The molecule has 0 aliphatic carbocycles. The predicted molar refractivity (Wildman–Crippen MR) is 83.1 cm³/mol. The number of hydrogen-bond donors (Lipinski definition) is 1. The normalized spacial score (nSPS) is 24.9. The lowest BCUT2D eigenvalue weighted by atomic mass is 9.79. The highest BCUT2D eigenvalue weighted by Gasteiger charge is 2.41. The molecule has 2 saturated heterocycles. The van der Waals surface area contributed by atoms with Crippen molar-refractivity contribution in [2.45, 2.75) is 31.3 Å². The molecule has 3 rings (SSSR count). The first-order valence-electron chi connectivity index (χ1n) is 7.41. The van der Waals surface area contributed by atoms with E-state index in [1.807, 2.05) is 11.8 Å². The van der Waals surface area contributed by atoms with Gasteiger partial charge in [-0.25, -0.2) is 4.39 Å². The molecule has 2 aliphatic rings. The molecule has 1 atom stereocenters. The standard InChI is InChI=1S/C16H20FNO2S/c17-13-9-11(1-2-14(13)18)15(19)12-3-6-20-16(10-12)4-7-21-8-5-16/h1-2,9,12H,3-8,10,18H2. The summed E-state index contributed by atoms with van der Waals surface area (Å²) in [6, 6.07) is 4.35. The van der Waals surface area contributed by atoms with Gasteiger partial charge in [-0.2, -0.15) is 11.8 Å². The van der Waals surface area contributed by atoms with Gasteiger partial charge < -0.3 is 10.5 Å². The highest BCUT2D eigenvalue weighted by atomic mass is 32.2. The van der Waals surface area contributed by atoms with Gasteiger partial charge >= 0.3 is 0 Å². The van der Waals surface area contributed by atoms with Crippen molar-refractivity contribution in [3.8, 4) is 0 Å². The number of hydrogen-bond acceptors (Lipinski definition) is 4. The van der Waals surface area contributed by atoms with E-state index in [1.54, 1.807) is 6.07 Å². The summed E-state index contributed by atoms with van der Waals surface area (Å²) in [5.41, 5.74) is 5.85. The molecular formula is C16H20FNO2S. The Labute approximate surface area is 128 Å². The van der Waals surface area contributed by atoms with E-state index < -0.39 is 5.82 Å². The Balaban J connectivity index is 1.76. The van der Waals surface area contributed by atoms with E-state index in [0.717, 1.165) is 37.2 Å². The van der Waals surface area contributed by atoms with E-state index in [-0.39, 0.29) is 23.0 Å². The minimum atomic E-state index is -0.517. The SMILES string of the molecule is Nc1ccc(C(=O)C2CCOC3(CCSCC3)C2)cc1F. The molecule has 0 bridgehead atoms. The van der Waals surface area contributed by atoms with Crippen LogP contribution in [0.3, 0.4) is 0 Å². The number of carbonyl (C=O) groups is 1. The third kappa shape index (κ3) is 3.09. The molecule has 114 valence electrons. The maximum Gasteiger partial charge on any atom is 0.166 e. The highest BCUT2D eigenvalue weighted by molar-refractivity contribution is 7.99.